The fourth-order valence-corrected chi connectivity index (χ4v) is 3.26. The lowest BCUT2D eigenvalue weighted by Crippen LogP contribution is -2.54. The van der Waals surface area contributed by atoms with Crippen LogP contribution in [-0.4, -0.2) is 52.1 Å². The third kappa shape index (κ3) is 2.69. The van der Waals surface area contributed by atoms with Crippen molar-refractivity contribution in [1.82, 2.24) is 9.80 Å². The van der Waals surface area contributed by atoms with E-state index in [9.17, 15) is 14.7 Å². The first-order chi connectivity index (χ1) is 8.91. The van der Waals surface area contributed by atoms with Crippen molar-refractivity contribution in [3.05, 3.63) is 0 Å². The van der Waals surface area contributed by atoms with Crippen molar-refractivity contribution < 1.29 is 14.7 Å². The zero-order valence-electron chi connectivity index (χ0n) is 12.0. The number of aliphatic carboxylic acids is 1. The molecule has 1 N–H and O–H groups in total. The smallest absolute Gasteiger partial charge is 0.326 e. The number of carboxylic acid groups (broad SMARTS) is 1. The first-order valence-electron chi connectivity index (χ1n) is 7.21. The van der Waals surface area contributed by atoms with Crippen LogP contribution in [0.25, 0.3) is 0 Å². The number of likely N-dealkylation sites (tertiary alicyclic amines) is 2. The van der Waals surface area contributed by atoms with Crippen LogP contribution < -0.4 is 0 Å². The first-order valence-corrected chi connectivity index (χ1v) is 7.21. The second-order valence-electron chi connectivity index (χ2n) is 6.21. The molecule has 2 rings (SSSR count). The molecule has 0 saturated carbocycles. The molecule has 0 spiro atoms. The molecule has 0 aromatic carbocycles. The Bertz CT molecular complexity index is 372. The van der Waals surface area contributed by atoms with Gasteiger partial charge in [-0.05, 0) is 38.0 Å². The van der Waals surface area contributed by atoms with Crippen LogP contribution >= 0.6 is 0 Å². The Morgan fingerprint density at radius 3 is 2.37 bits per heavy atom. The van der Waals surface area contributed by atoms with Gasteiger partial charge in [0.05, 0.1) is 0 Å². The summed E-state index contributed by atoms with van der Waals surface area (Å²) in [5.74, 6) is -0.335. The summed E-state index contributed by atoms with van der Waals surface area (Å²) in [7, 11) is 0. The third-order valence-electron chi connectivity index (χ3n) is 4.56. The average molecular weight is 268 g/mol. The Morgan fingerprint density at radius 2 is 1.74 bits per heavy atom. The SMILES string of the molecule is CC1CCC(C)N(C(=O)N2CCC(C)C2C(=O)O)C1. The minimum absolute atomic E-state index is 0.0407. The number of carbonyl (C=O) groups is 2. The Morgan fingerprint density at radius 1 is 1.05 bits per heavy atom. The minimum atomic E-state index is -0.879. The van der Waals surface area contributed by atoms with Crippen molar-refractivity contribution in [2.24, 2.45) is 11.8 Å². The summed E-state index contributed by atoms with van der Waals surface area (Å²) < 4.78 is 0. The Labute approximate surface area is 114 Å². The molecule has 2 saturated heterocycles. The summed E-state index contributed by atoms with van der Waals surface area (Å²) in [5.41, 5.74) is 0. The summed E-state index contributed by atoms with van der Waals surface area (Å²) in [5, 5.41) is 9.31. The summed E-state index contributed by atoms with van der Waals surface area (Å²) in [4.78, 5) is 27.4. The molecule has 2 fully saturated rings. The van der Waals surface area contributed by atoms with Gasteiger partial charge in [0.15, 0.2) is 0 Å². The lowest BCUT2D eigenvalue weighted by atomic mass is 9.95. The molecule has 0 aliphatic carbocycles. The van der Waals surface area contributed by atoms with Crippen LogP contribution in [0.4, 0.5) is 4.79 Å². The fourth-order valence-electron chi connectivity index (χ4n) is 3.26. The van der Waals surface area contributed by atoms with E-state index in [0.717, 1.165) is 25.8 Å². The number of carboxylic acids is 1. The summed E-state index contributed by atoms with van der Waals surface area (Å²) >= 11 is 0. The predicted molar refractivity (Wildman–Crippen MR) is 71.9 cm³/mol. The van der Waals surface area contributed by atoms with E-state index in [2.05, 4.69) is 13.8 Å². The second-order valence-corrected chi connectivity index (χ2v) is 6.21. The molecule has 0 aromatic rings. The number of amides is 2. The van der Waals surface area contributed by atoms with Crippen LogP contribution in [0, 0.1) is 11.8 Å². The average Bonchev–Trinajstić information content (AvgIpc) is 2.73. The highest BCUT2D eigenvalue weighted by Crippen LogP contribution is 2.28. The highest BCUT2D eigenvalue weighted by molar-refractivity contribution is 5.83. The van der Waals surface area contributed by atoms with Gasteiger partial charge >= 0.3 is 12.0 Å². The molecule has 4 unspecified atom stereocenters. The lowest BCUT2D eigenvalue weighted by Gasteiger charge is -2.40. The van der Waals surface area contributed by atoms with Crippen molar-refractivity contribution in [2.45, 2.75) is 52.1 Å². The molecular formula is C14H24N2O3. The van der Waals surface area contributed by atoms with E-state index in [4.69, 9.17) is 0 Å². The highest BCUT2D eigenvalue weighted by atomic mass is 16.4. The van der Waals surface area contributed by atoms with Crippen LogP contribution in [0.2, 0.25) is 0 Å². The van der Waals surface area contributed by atoms with E-state index < -0.39 is 12.0 Å². The van der Waals surface area contributed by atoms with E-state index in [1.165, 1.54) is 0 Å². The molecule has 2 heterocycles. The summed E-state index contributed by atoms with van der Waals surface area (Å²) in [6, 6.07) is -0.526. The van der Waals surface area contributed by atoms with Gasteiger partial charge in [0.2, 0.25) is 0 Å². The molecule has 0 bridgehead atoms. The van der Waals surface area contributed by atoms with Crippen molar-refractivity contribution in [3.8, 4) is 0 Å². The standard InChI is InChI=1S/C14H24N2O3/c1-9-4-5-11(3)16(8-9)14(19)15-7-6-10(2)12(15)13(17)18/h9-12H,4-8H2,1-3H3,(H,17,18). The van der Waals surface area contributed by atoms with Crippen LogP contribution in [0.15, 0.2) is 0 Å². The van der Waals surface area contributed by atoms with E-state index in [1.807, 2.05) is 11.8 Å². The maximum absolute atomic E-state index is 12.6. The van der Waals surface area contributed by atoms with Crippen molar-refractivity contribution in [3.63, 3.8) is 0 Å². The molecule has 2 aliphatic heterocycles. The Hall–Kier alpha value is -1.26. The van der Waals surface area contributed by atoms with Gasteiger partial charge in [-0.3, -0.25) is 0 Å². The Kier molecular flexibility index (Phi) is 4.02. The number of piperidine rings is 1. The van der Waals surface area contributed by atoms with Gasteiger partial charge < -0.3 is 14.9 Å². The van der Waals surface area contributed by atoms with Gasteiger partial charge in [0.25, 0.3) is 0 Å². The number of hydrogen-bond acceptors (Lipinski definition) is 2. The molecule has 5 heteroatoms. The molecule has 19 heavy (non-hydrogen) atoms. The fraction of sp³-hybridized carbons (Fsp3) is 0.857. The maximum Gasteiger partial charge on any atom is 0.326 e. The van der Waals surface area contributed by atoms with Crippen LogP contribution in [-0.2, 0) is 4.79 Å². The van der Waals surface area contributed by atoms with E-state index in [1.54, 1.807) is 4.90 Å². The first kappa shape index (κ1) is 14.2. The number of carbonyl (C=O) groups excluding carboxylic acids is 1. The van der Waals surface area contributed by atoms with E-state index in [-0.39, 0.29) is 18.0 Å². The van der Waals surface area contributed by atoms with Crippen molar-refractivity contribution >= 4 is 12.0 Å². The molecule has 2 aliphatic rings. The Balaban J connectivity index is 2.12. The predicted octanol–water partition coefficient (Wildman–Crippen LogP) is 2.02. The van der Waals surface area contributed by atoms with E-state index >= 15 is 0 Å². The van der Waals surface area contributed by atoms with Gasteiger partial charge in [0, 0.05) is 19.1 Å². The molecule has 108 valence electrons. The van der Waals surface area contributed by atoms with Crippen LogP contribution in [0.3, 0.4) is 0 Å². The normalized spacial score (nSPS) is 35.5. The van der Waals surface area contributed by atoms with Gasteiger partial charge in [0.1, 0.15) is 6.04 Å². The molecule has 5 nitrogen and oxygen atoms in total. The van der Waals surface area contributed by atoms with Gasteiger partial charge in [-0.2, -0.15) is 0 Å². The quantitative estimate of drug-likeness (QED) is 0.791. The second kappa shape index (κ2) is 5.39. The summed E-state index contributed by atoms with van der Waals surface area (Å²) in [6.07, 6.45) is 2.93. The molecule has 4 atom stereocenters. The topological polar surface area (TPSA) is 60.9 Å². The van der Waals surface area contributed by atoms with Crippen LogP contribution in [0.5, 0.6) is 0 Å². The molecule has 0 radical (unpaired) electrons. The summed E-state index contributed by atoms with van der Waals surface area (Å²) in [6.45, 7) is 7.42. The van der Waals surface area contributed by atoms with Crippen LogP contribution in [0.1, 0.15) is 40.0 Å². The maximum atomic E-state index is 12.6. The monoisotopic (exact) mass is 268 g/mol. The van der Waals surface area contributed by atoms with Gasteiger partial charge in [-0.15, -0.1) is 0 Å². The molecular weight excluding hydrogens is 244 g/mol. The van der Waals surface area contributed by atoms with Gasteiger partial charge in [-0.1, -0.05) is 13.8 Å². The van der Waals surface area contributed by atoms with Crippen molar-refractivity contribution in [2.75, 3.05) is 13.1 Å². The van der Waals surface area contributed by atoms with E-state index in [0.29, 0.717) is 12.5 Å². The number of urea groups is 1. The zero-order chi connectivity index (χ0) is 14.2. The zero-order valence-corrected chi connectivity index (χ0v) is 12.0. The number of nitrogens with zero attached hydrogens (tertiary/aromatic N) is 2. The molecule has 2 amide bonds. The highest BCUT2D eigenvalue weighted by Gasteiger charge is 2.42. The molecule has 0 aromatic heterocycles. The minimum Gasteiger partial charge on any atom is -0.480 e. The largest absolute Gasteiger partial charge is 0.480 e. The number of hydrogen-bond donors (Lipinski definition) is 1. The number of rotatable bonds is 1. The van der Waals surface area contributed by atoms with Crippen molar-refractivity contribution in [1.29, 1.82) is 0 Å². The lowest BCUT2D eigenvalue weighted by molar-refractivity contribution is -0.142. The third-order valence-corrected chi connectivity index (χ3v) is 4.56. The van der Waals surface area contributed by atoms with Gasteiger partial charge in [-0.25, -0.2) is 9.59 Å².